The lowest BCUT2D eigenvalue weighted by molar-refractivity contribution is -0.143. The summed E-state index contributed by atoms with van der Waals surface area (Å²) in [4.78, 5) is 36.8. The Morgan fingerprint density at radius 2 is 1.91 bits per heavy atom. The minimum Gasteiger partial charge on any atom is -0.452 e. The minimum atomic E-state index is -0.629. The molecule has 3 N–H and O–H groups in total. The Morgan fingerprint density at radius 3 is 2.52 bits per heavy atom. The van der Waals surface area contributed by atoms with Gasteiger partial charge in [-0.1, -0.05) is 12.1 Å². The van der Waals surface area contributed by atoms with E-state index in [1.807, 2.05) is 0 Å². The molecule has 0 radical (unpaired) electrons. The van der Waals surface area contributed by atoms with Crippen molar-refractivity contribution in [2.45, 2.75) is 31.9 Å². The zero-order valence-electron chi connectivity index (χ0n) is 12.7. The van der Waals surface area contributed by atoms with Gasteiger partial charge in [-0.2, -0.15) is 0 Å². The summed E-state index contributed by atoms with van der Waals surface area (Å²) in [5, 5.41) is 8.95. The van der Waals surface area contributed by atoms with Gasteiger partial charge in [-0.25, -0.2) is 4.79 Å². The third-order valence-corrected chi connectivity index (χ3v) is 3.85. The van der Waals surface area contributed by atoms with E-state index >= 15 is 0 Å². The molecule has 0 bridgehead atoms. The van der Waals surface area contributed by atoms with Crippen LogP contribution in [0.1, 0.15) is 35.2 Å². The fourth-order valence-corrected chi connectivity index (χ4v) is 2.57. The van der Waals surface area contributed by atoms with Crippen LogP contribution in [0.2, 0.25) is 0 Å². The molecular formula is C16H20N2O5. The van der Waals surface area contributed by atoms with Gasteiger partial charge in [0.25, 0.3) is 5.91 Å². The smallest absolute Gasteiger partial charge is 0.338 e. The number of carbonyl (C=O) groups is 3. The van der Waals surface area contributed by atoms with Crippen molar-refractivity contribution in [3.8, 4) is 0 Å². The monoisotopic (exact) mass is 320 g/mol. The van der Waals surface area contributed by atoms with Gasteiger partial charge in [0.05, 0.1) is 12.2 Å². The first-order valence-electron chi connectivity index (χ1n) is 7.48. The average molecular weight is 320 g/mol. The highest BCUT2D eigenvalue weighted by atomic mass is 16.5. The van der Waals surface area contributed by atoms with Crippen LogP contribution in [-0.2, 0) is 20.9 Å². The largest absolute Gasteiger partial charge is 0.452 e. The Hall–Kier alpha value is -2.41. The van der Waals surface area contributed by atoms with E-state index in [0.29, 0.717) is 24.1 Å². The van der Waals surface area contributed by atoms with Gasteiger partial charge >= 0.3 is 5.97 Å². The molecule has 0 saturated carbocycles. The summed E-state index contributed by atoms with van der Waals surface area (Å²) in [5.74, 6) is -1.59. The van der Waals surface area contributed by atoms with Gasteiger partial charge < -0.3 is 20.5 Å². The highest BCUT2D eigenvalue weighted by Crippen LogP contribution is 2.17. The molecule has 0 aliphatic carbocycles. The Balaban J connectivity index is 1.92. The lowest BCUT2D eigenvalue weighted by Crippen LogP contribution is -2.51. The van der Waals surface area contributed by atoms with Crippen molar-refractivity contribution in [3.63, 3.8) is 0 Å². The third kappa shape index (κ3) is 4.29. The number of hydrogen-bond donors (Lipinski definition) is 2. The average Bonchev–Trinajstić information content (AvgIpc) is 2.59. The number of aliphatic hydroxyl groups excluding tert-OH is 1. The Kier molecular flexibility index (Phi) is 5.70. The number of nitrogens with two attached hydrogens (primary N) is 1. The Labute approximate surface area is 134 Å². The van der Waals surface area contributed by atoms with Crippen LogP contribution >= 0.6 is 0 Å². The van der Waals surface area contributed by atoms with Gasteiger partial charge in [-0.05, 0) is 37.0 Å². The fraction of sp³-hybridized carbons (Fsp3) is 0.438. The van der Waals surface area contributed by atoms with Crippen molar-refractivity contribution in [3.05, 3.63) is 35.4 Å². The quantitative estimate of drug-likeness (QED) is 0.753. The number of ether oxygens (including phenoxy) is 1. The van der Waals surface area contributed by atoms with Crippen molar-refractivity contribution in [2.75, 3.05) is 13.2 Å². The van der Waals surface area contributed by atoms with Gasteiger partial charge in [-0.15, -0.1) is 0 Å². The van der Waals surface area contributed by atoms with Gasteiger partial charge in [-0.3, -0.25) is 9.59 Å². The second-order valence-electron chi connectivity index (χ2n) is 5.43. The molecule has 124 valence electrons. The fourth-order valence-electron chi connectivity index (χ4n) is 2.57. The summed E-state index contributed by atoms with van der Waals surface area (Å²) in [6.45, 7) is -0.100. The van der Waals surface area contributed by atoms with Gasteiger partial charge in [0, 0.05) is 6.54 Å². The number of esters is 1. The second-order valence-corrected chi connectivity index (χ2v) is 5.43. The zero-order chi connectivity index (χ0) is 16.8. The van der Waals surface area contributed by atoms with Crippen LogP contribution < -0.4 is 5.73 Å². The van der Waals surface area contributed by atoms with Crippen molar-refractivity contribution in [2.24, 2.45) is 5.73 Å². The number of piperidine rings is 1. The summed E-state index contributed by atoms with van der Waals surface area (Å²) in [5.41, 5.74) is 6.28. The van der Waals surface area contributed by atoms with E-state index in [-0.39, 0.29) is 6.61 Å². The number of carbonyl (C=O) groups excluding carboxylic acids is 3. The molecule has 0 unspecified atom stereocenters. The summed E-state index contributed by atoms with van der Waals surface area (Å²) in [6.07, 6.45) is 2.18. The highest BCUT2D eigenvalue weighted by molar-refractivity contribution is 5.92. The van der Waals surface area contributed by atoms with Crippen LogP contribution in [0.3, 0.4) is 0 Å². The molecule has 7 heteroatoms. The van der Waals surface area contributed by atoms with Crippen LogP contribution in [0.4, 0.5) is 0 Å². The van der Waals surface area contributed by atoms with Crippen molar-refractivity contribution in [1.82, 2.24) is 4.90 Å². The number of rotatable bonds is 5. The number of aliphatic hydroxyl groups is 1. The molecule has 2 rings (SSSR count). The molecule has 0 spiro atoms. The van der Waals surface area contributed by atoms with E-state index in [0.717, 1.165) is 12.8 Å². The molecular weight excluding hydrogens is 300 g/mol. The van der Waals surface area contributed by atoms with Crippen molar-refractivity contribution >= 4 is 17.8 Å². The normalized spacial score (nSPS) is 17.6. The number of amides is 2. The van der Waals surface area contributed by atoms with Crippen LogP contribution in [0.5, 0.6) is 0 Å². The van der Waals surface area contributed by atoms with Gasteiger partial charge in [0.2, 0.25) is 5.91 Å². The highest BCUT2D eigenvalue weighted by Gasteiger charge is 2.31. The molecule has 1 aliphatic heterocycles. The molecule has 1 aromatic rings. The molecule has 23 heavy (non-hydrogen) atoms. The predicted octanol–water partition coefficient (Wildman–Crippen LogP) is 0.202. The number of hydrogen-bond acceptors (Lipinski definition) is 5. The molecule has 1 aliphatic rings. The maximum absolute atomic E-state index is 12.2. The van der Waals surface area contributed by atoms with Gasteiger partial charge in [0.1, 0.15) is 6.04 Å². The second kappa shape index (κ2) is 7.73. The molecule has 1 heterocycles. The third-order valence-electron chi connectivity index (χ3n) is 3.85. The van der Waals surface area contributed by atoms with Crippen LogP contribution in [0.25, 0.3) is 0 Å². The van der Waals surface area contributed by atoms with Crippen LogP contribution in [-0.4, -0.2) is 47.0 Å². The maximum Gasteiger partial charge on any atom is 0.338 e. The summed E-state index contributed by atoms with van der Waals surface area (Å²) < 4.78 is 5.00. The maximum atomic E-state index is 12.2. The van der Waals surface area contributed by atoms with Crippen LogP contribution in [0, 0.1) is 0 Å². The first-order valence-corrected chi connectivity index (χ1v) is 7.48. The summed E-state index contributed by atoms with van der Waals surface area (Å²) in [6, 6.07) is 5.62. The topological polar surface area (TPSA) is 110 Å². The first-order chi connectivity index (χ1) is 11.0. The Bertz CT molecular complexity index is 585. The van der Waals surface area contributed by atoms with Gasteiger partial charge in [0.15, 0.2) is 6.61 Å². The number of benzene rings is 1. The molecule has 1 aromatic carbocycles. The standard InChI is InChI=1S/C16H20N2O5/c17-15(21)13-3-1-2-8-18(13)14(20)10-23-16(22)12-6-4-11(9-19)5-7-12/h4-7,13,19H,1-3,8-10H2,(H2,17,21)/t13-/m0/s1. The molecule has 1 fully saturated rings. The van der Waals surface area contributed by atoms with E-state index in [9.17, 15) is 14.4 Å². The number of likely N-dealkylation sites (tertiary alicyclic amines) is 1. The minimum absolute atomic E-state index is 0.114. The van der Waals surface area contributed by atoms with E-state index in [2.05, 4.69) is 0 Å². The first kappa shape index (κ1) is 17.0. The molecule has 0 aromatic heterocycles. The van der Waals surface area contributed by atoms with Crippen molar-refractivity contribution < 1.29 is 24.2 Å². The summed E-state index contributed by atoms with van der Waals surface area (Å²) in [7, 11) is 0. The lowest BCUT2D eigenvalue weighted by atomic mass is 10.0. The summed E-state index contributed by atoms with van der Waals surface area (Å²) >= 11 is 0. The molecule has 1 saturated heterocycles. The number of primary amides is 1. The molecule has 2 amide bonds. The predicted molar refractivity (Wildman–Crippen MR) is 81.2 cm³/mol. The van der Waals surface area contributed by atoms with Crippen molar-refractivity contribution in [1.29, 1.82) is 0 Å². The number of nitrogens with zero attached hydrogens (tertiary/aromatic N) is 1. The van der Waals surface area contributed by atoms with E-state index in [1.165, 1.54) is 17.0 Å². The van der Waals surface area contributed by atoms with E-state index < -0.39 is 30.4 Å². The van der Waals surface area contributed by atoms with E-state index in [4.69, 9.17) is 15.6 Å². The molecule has 1 atom stereocenters. The Morgan fingerprint density at radius 1 is 1.22 bits per heavy atom. The lowest BCUT2D eigenvalue weighted by Gasteiger charge is -2.33. The SMILES string of the molecule is NC(=O)[C@@H]1CCCCN1C(=O)COC(=O)c1ccc(CO)cc1. The molecule has 7 nitrogen and oxygen atoms in total. The zero-order valence-corrected chi connectivity index (χ0v) is 12.7. The van der Waals surface area contributed by atoms with E-state index in [1.54, 1.807) is 12.1 Å². The van der Waals surface area contributed by atoms with Crippen LogP contribution in [0.15, 0.2) is 24.3 Å².